The first-order valence-electron chi connectivity index (χ1n) is 7.22. The number of nitrogens with one attached hydrogen (secondary N) is 1. The average Bonchev–Trinajstić information content (AvgIpc) is 2.46. The van der Waals surface area contributed by atoms with Crippen LogP contribution >= 0.6 is 12.4 Å². The van der Waals surface area contributed by atoms with Crippen LogP contribution < -0.4 is 5.32 Å². The van der Waals surface area contributed by atoms with Gasteiger partial charge in [-0.05, 0) is 12.1 Å². The van der Waals surface area contributed by atoms with Gasteiger partial charge in [-0.1, -0.05) is 0 Å². The highest BCUT2D eigenvalue weighted by Crippen LogP contribution is 2.46. The predicted molar refractivity (Wildman–Crippen MR) is 76.9 cm³/mol. The third-order valence-electron chi connectivity index (χ3n) is 3.86. The highest BCUT2D eigenvalue weighted by molar-refractivity contribution is 5.85. The number of halogens is 11. The van der Waals surface area contributed by atoms with E-state index >= 15 is 0 Å². The van der Waals surface area contributed by atoms with E-state index in [9.17, 15) is 43.9 Å². The normalized spacial score (nSPS) is 18.1. The first kappa shape index (κ1) is 23.8. The van der Waals surface area contributed by atoms with Crippen LogP contribution in [0.4, 0.5) is 43.9 Å². The van der Waals surface area contributed by atoms with Crippen LogP contribution in [0.1, 0.15) is 22.7 Å². The minimum atomic E-state index is -5.60. The van der Waals surface area contributed by atoms with Crippen LogP contribution in [0.5, 0.6) is 0 Å². The Morgan fingerprint density at radius 1 is 0.852 bits per heavy atom. The van der Waals surface area contributed by atoms with E-state index in [1.54, 1.807) is 0 Å². The minimum absolute atomic E-state index is 0. The molecule has 0 saturated carbocycles. The standard InChI is InChI=1S/C14H12F10N2.ClH/c15-9-6-7(12(16,17)18)5-8(13(19,20)21)10(9)11(14(22,23)24)26-3-1-25-2-4-26;/h5-6,11,25H,1-4H2;1H/t11-;/m1./s1. The van der Waals surface area contributed by atoms with Gasteiger partial charge in [0.15, 0.2) is 0 Å². The van der Waals surface area contributed by atoms with Gasteiger partial charge in [-0.3, -0.25) is 4.90 Å². The Kier molecular flexibility index (Phi) is 7.04. The lowest BCUT2D eigenvalue weighted by molar-refractivity contribution is -0.191. The molecule has 1 aromatic rings. The van der Waals surface area contributed by atoms with Gasteiger partial charge in [0.1, 0.15) is 11.9 Å². The van der Waals surface area contributed by atoms with Crippen molar-refractivity contribution >= 4 is 12.4 Å². The number of piperazine rings is 1. The van der Waals surface area contributed by atoms with Crippen LogP contribution in [0.2, 0.25) is 0 Å². The SMILES string of the molecule is Cl.Fc1cc(C(F)(F)F)cc(C(F)(F)F)c1[C@@H](N1CCNCC1)C(F)(F)F. The second kappa shape index (κ2) is 8.00. The van der Waals surface area contributed by atoms with E-state index in [0.717, 1.165) is 0 Å². The van der Waals surface area contributed by atoms with Gasteiger partial charge < -0.3 is 5.32 Å². The number of alkyl halides is 9. The van der Waals surface area contributed by atoms with Crippen molar-refractivity contribution in [1.82, 2.24) is 10.2 Å². The smallest absolute Gasteiger partial charge is 0.314 e. The maximum absolute atomic E-state index is 14.2. The van der Waals surface area contributed by atoms with Gasteiger partial charge in [0.2, 0.25) is 0 Å². The third kappa shape index (κ3) is 5.38. The van der Waals surface area contributed by atoms with Gasteiger partial charge in [0.25, 0.3) is 0 Å². The van der Waals surface area contributed by atoms with Crippen LogP contribution in [0.3, 0.4) is 0 Å². The van der Waals surface area contributed by atoms with Gasteiger partial charge in [-0.15, -0.1) is 12.4 Å². The van der Waals surface area contributed by atoms with Crippen LogP contribution in [-0.4, -0.2) is 37.3 Å². The second-order valence-corrected chi connectivity index (χ2v) is 5.64. The second-order valence-electron chi connectivity index (χ2n) is 5.64. The van der Waals surface area contributed by atoms with Crippen molar-refractivity contribution in [2.24, 2.45) is 0 Å². The Morgan fingerprint density at radius 3 is 1.78 bits per heavy atom. The molecule has 156 valence electrons. The Labute approximate surface area is 152 Å². The molecule has 0 radical (unpaired) electrons. The molecule has 27 heavy (non-hydrogen) atoms. The minimum Gasteiger partial charge on any atom is -0.314 e. The number of hydrogen-bond acceptors (Lipinski definition) is 2. The number of rotatable bonds is 2. The van der Waals surface area contributed by atoms with Crippen molar-refractivity contribution in [2.45, 2.75) is 24.6 Å². The molecule has 1 saturated heterocycles. The molecule has 2 rings (SSSR count). The summed E-state index contributed by atoms with van der Waals surface area (Å²) in [6.45, 7) is -0.670. The summed E-state index contributed by atoms with van der Waals surface area (Å²) in [6.07, 6.45) is -16.3. The molecule has 0 aliphatic carbocycles. The lowest BCUT2D eigenvalue weighted by Crippen LogP contribution is -2.49. The highest BCUT2D eigenvalue weighted by atomic mass is 35.5. The molecule has 0 aromatic heterocycles. The Morgan fingerprint density at radius 2 is 1.37 bits per heavy atom. The van der Waals surface area contributed by atoms with E-state index in [-0.39, 0.29) is 44.7 Å². The lowest BCUT2D eigenvalue weighted by Gasteiger charge is -2.37. The van der Waals surface area contributed by atoms with Gasteiger partial charge in [0, 0.05) is 31.7 Å². The summed E-state index contributed by atoms with van der Waals surface area (Å²) >= 11 is 0. The molecule has 1 fully saturated rings. The summed E-state index contributed by atoms with van der Waals surface area (Å²) in [6, 6.07) is -3.84. The fourth-order valence-electron chi connectivity index (χ4n) is 2.79. The fraction of sp³-hybridized carbons (Fsp3) is 0.571. The third-order valence-corrected chi connectivity index (χ3v) is 3.86. The maximum Gasteiger partial charge on any atom is 0.416 e. The summed E-state index contributed by atoms with van der Waals surface area (Å²) < 4.78 is 132. The van der Waals surface area contributed by atoms with E-state index in [4.69, 9.17) is 0 Å². The zero-order chi connectivity index (χ0) is 19.9. The number of nitrogens with zero attached hydrogens (tertiary/aromatic N) is 1. The molecular formula is C14H13ClF10N2. The van der Waals surface area contributed by atoms with E-state index in [1.165, 1.54) is 0 Å². The van der Waals surface area contributed by atoms with Crippen LogP contribution in [0.25, 0.3) is 0 Å². The summed E-state index contributed by atoms with van der Waals surface area (Å²) in [5, 5.41) is 2.69. The maximum atomic E-state index is 14.2. The van der Waals surface area contributed by atoms with Gasteiger partial charge in [-0.25, -0.2) is 4.39 Å². The van der Waals surface area contributed by atoms with Crippen molar-refractivity contribution < 1.29 is 43.9 Å². The topological polar surface area (TPSA) is 15.3 Å². The Bertz CT molecular complexity index is 647. The monoisotopic (exact) mass is 434 g/mol. The Hall–Kier alpha value is -1.27. The fourth-order valence-corrected chi connectivity index (χ4v) is 2.79. The molecule has 1 atom stereocenters. The van der Waals surface area contributed by atoms with Gasteiger partial charge >= 0.3 is 18.5 Å². The lowest BCUT2D eigenvalue weighted by atomic mass is 9.94. The number of hydrogen-bond donors (Lipinski definition) is 1. The summed E-state index contributed by atoms with van der Waals surface area (Å²) in [4.78, 5) is 0.567. The summed E-state index contributed by atoms with van der Waals surface area (Å²) in [5.41, 5.74) is -6.14. The molecule has 0 bridgehead atoms. The quantitative estimate of drug-likeness (QED) is 0.673. The molecule has 2 nitrogen and oxygen atoms in total. The van der Waals surface area contributed by atoms with Crippen molar-refractivity contribution in [3.8, 4) is 0 Å². The van der Waals surface area contributed by atoms with E-state index in [0.29, 0.717) is 4.90 Å². The first-order chi connectivity index (χ1) is 11.7. The summed E-state index contributed by atoms with van der Waals surface area (Å²) in [7, 11) is 0. The molecule has 0 spiro atoms. The van der Waals surface area contributed by atoms with E-state index in [1.807, 2.05) is 0 Å². The van der Waals surface area contributed by atoms with Crippen molar-refractivity contribution in [3.63, 3.8) is 0 Å². The van der Waals surface area contributed by atoms with Crippen LogP contribution in [0.15, 0.2) is 12.1 Å². The van der Waals surface area contributed by atoms with E-state index < -0.39 is 53.1 Å². The van der Waals surface area contributed by atoms with Crippen LogP contribution in [-0.2, 0) is 12.4 Å². The zero-order valence-electron chi connectivity index (χ0n) is 13.2. The molecular weight excluding hydrogens is 422 g/mol. The average molecular weight is 435 g/mol. The van der Waals surface area contributed by atoms with Crippen molar-refractivity contribution in [2.75, 3.05) is 26.2 Å². The zero-order valence-corrected chi connectivity index (χ0v) is 14.0. The number of benzene rings is 1. The molecule has 0 amide bonds. The molecule has 13 heteroatoms. The van der Waals surface area contributed by atoms with Crippen molar-refractivity contribution in [3.05, 3.63) is 34.6 Å². The first-order valence-corrected chi connectivity index (χ1v) is 7.22. The van der Waals surface area contributed by atoms with Gasteiger partial charge in [-0.2, -0.15) is 39.5 Å². The van der Waals surface area contributed by atoms with E-state index in [2.05, 4.69) is 5.32 Å². The van der Waals surface area contributed by atoms with Gasteiger partial charge in [0.05, 0.1) is 11.1 Å². The predicted octanol–water partition coefficient (Wildman–Crippen LogP) is 4.79. The molecule has 0 unspecified atom stereocenters. The Balaban J connectivity index is 0.00000364. The highest BCUT2D eigenvalue weighted by Gasteiger charge is 2.51. The van der Waals surface area contributed by atoms with Crippen LogP contribution in [0, 0.1) is 5.82 Å². The molecule has 1 N–H and O–H groups in total. The molecule has 1 heterocycles. The van der Waals surface area contributed by atoms with Crippen molar-refractivity contribution in [1.29, 1.82) is 0 Å². The molecule has 1 aliphatic rings. The largest absolute Gasteiger partial charge is 0.416 e. The molecule has 1 aromatic carbocycles. The summed E-state index contributed by atoms with van der Waals surface area (Å²) in [5.74, 6) is -2.20. The molecule has 1 aliphatic heterocycles.